The van der Waals surface area contributed by atoms with Gasteiger partial charge in [-0.1, -0.05) is 13.3 Å². The van der Waals surface area contributed by atoms with Crippen molar-refractivity contribution in [3.8, 4) is 0 Å². The third kappa shape index (κ3) is 3.03. The van der Waals surface area contributed by atoms with Gasteiger partial charge in [0.15, 0.2) is 0 Å². The molecule has 0 aliphatic rings. The predicted molar refractivity (Wildman–Crippen MR) is 65.1 cm³/mol. The second-order valence-corrected chi connectivity index (χ2v) is 3.68. The van der Waals surface area contributed by atoms with Crippen LogP contribution in [0.3, 0.4) is 0 Å². The second kappa shape index (κ2) is 6.23. The number of nitrogens with zero attached hydrogens (tertiary/aromatic N) is 2. The van der Waals surface area contributed by atoms with Crippen molar-refractivity contribution in [1.29, 1.82) is 0 Å². The summed E-state index contributed by atoms with van der Waals surface area (Å²) in [6, 6.07) is 3.23. The highest BCUT2D eigenvalue weighted by Crippen LogP contribution is 2.13. The fraction of sp³-hybridized carbons (Fsp3) is 0.500. The number of carbonyl (C=O) groups excluding carboxylic acids is 1. The van der Waals surface area contributed by atoms with E-state index in [-0.39, 0.29) is 5.91 Å². The first-order valence-corrected chi connectivity index (χ1v) is 5.67. The zero-order valence-corrected chi connectivity index (χ0v) is 9.89. The van der Waals surface area contributed by atoms with Gasteiger partial charge in [-0.3, -0.25) is 9.78 Å². The lowest BCUT2D eigenvalue weighted by molar-refractivity contribution is -0.119. The number of nitrogens with two attached hydrogens (primary N) is 1. The highest BCUT2D eigenvalue weighted by atomic mass is 16.2. The van der Waals surface area contributed by atoms with Gasteiger partial charge in [-0.25, -0.2) is 0 Å². The Morgan fingerprint density at radius 2 is 2.06 bits per heavy atom. The third-order valence-electron chi connectivity index (χ3n) is 2.47. The monoisotopic (exact) mass is 221 g/mol. The number of hydrogen-bond donors (Lipinski definition) is 1. The van der Waals surface area contributed by atoms with Gasteiger partial charge in [-0.2, -0.15) is 0 Å². The molecule has 1 aromatic rings. The number of carbonyl (C=O) groups is 1. The first-order valence-electron chi connectivity index (χ1n) is 5.67. The standard InChI is InChI=1S/C12H19N3O/c1-3-5-11(13)12(16)15(4-2)10-6-8-14-9-7-10/h6-9,11H,3-5,13H2,1-2H3. The molecule has 0 aromatic carbocycles. The second-order valence-electron chi connectivity index (χ2n) is 3.68. The SMILES string of the molecule is CCCC(N)C(=O)N(CC)c1ccncc1. The van der Waals surface area contributed by atoms with Gasteiger partial charge in [-0.05, 0) is 25.5 Å². The molecular weight excluding hydrogens is 202 g/mol. The molecule has 1 aromatic heterocycles. The quantitative estimate of drug-likeness (QED) is 0.821. The molecule has 1 amide bonds. The van der Waals surface area contributed by atoms with Crippen LogP contribution in [0.2, 0.25) is 0 Å². The van der Waals surface area contributed by atoms with Crippen LogP contribution in [0.4, 0.5) is 5.69 Å². The van der Waals surface area contributed by atoms with Crippen LogP contribution < -0.4 is 10.6 Å². The van der Waals surface area contributed by atoms with Crippen molar-refractivity contribution < 1.29 is 4.79 Å². The van der Waals surface area contributed by atoms with E-state index in [9.17, 15) is 4.79 Å². The maximum atomic E-state index is 12.0. The predicted octanol–water partition coefficient (Wildman–Crippen LogP) is 1.56. The Kier molecular flexibility index (Phi) is 4.92. The van der Waals surface area contributed by atoms with Crippen molar-refractivity contribution in [3.63, 3.8) is 0 Å². The van der Waals surface area contributed by atoms with E-state index in [0.29, 0.717) is 6.54 Å². The molecule has 4 heteroatoms. The molecule has 1 rings (SSSR count). The van der Waals surface area contributed by atoms with E-state index in [1.165, 1.54) is 0 Å². The van der Waals surface area contributed by atoms with Crippen molar-refractivity contribution in [3.05, 3.63) is 24.5 Å². The van der Waals surface area contributed by atoms with Gasteiger partial charge in [0.1, 0.15) is 0 Å². The summed E-state index contributed by atoms with van der Waals surface area (Å²) < 4.78 is 0. The summed E-state index contributed by atoms with van der Waals surface area (Å²) in [5.74, 6) is -0.0180. The molecule has 0 saturated heterocycles. The molecule has 2 N–H and O–H groups in total. The van der Waals surface area contributed by atoms with Crippen molar-refractivity contribution >= 4 is 11.6 Å². The zero-order valence-electron chi connectivity index (χ0n) is 9.89. The fourth-order valence-electron chi connectivity index (χ4n) is 1.62. The first kappa shape index (κ1) is 12.6. The Hall–Kier alpha value is -1.42. The lowest BCUT2D eigenvalue weighted by atomic mass is 10.1. The molecule has 0 aliphatic heterocycles. The van der Waals surface area contributed by atoms with Crippen molar-refractivity contribution in [1.82, 2.24) is 4.98 Å². The summed E-state index contributed by atoms with van der Waals surface area (Å²) in [4.78, 5) is 17.7. The number of pyridine rings is 1. The van der Waals surface area contributed by atoms with E-state index in [0.717, 1.165) is 18.5 Å². The molecule has 0 aliphatic carbocycles. The Bertz CT molecular complexity index is 326. The summed E-state index contributed by atoms with van der Waals surface area (Å²) >= 11 is 0. The molecule has 0 spiro atoms. The largest absolute Gasteiger partial charge is 0.320 e. The van der Waals surface area contributed by atoms with Gasteiger partial charge >= 0.3 is 0 Å². The molecule has 0 saturated carbocycles. The summed E-state index contributed by atoms with van der Waals surface area (Å²) in [5.41, 5.74) is 6.69. The number of hydrogen-bond acceptors (Lipinski definition) is 3. The Labute approximate surface area is 96.5 Å². The number of aromatic nitrogens is 1. The molecule has 0 fully saturated rings. The van der Waals surface area contributed by atoms with E-state index >= 15 is 0 Å². The van der Waals surface area contributed by atoms with Crippen LogP contribution >= 0.6 is 0 Å². The molecule has 1 heterocycles. The number of likely N-dealkylation sites (N-methyl/N-ethyl adjacent to an activating group) is 1. The van der Waals surface area contributed by atoms with Crippen molar-refractivity contribution in [2.75, 3.05) is 11.4 Å². The molecule has 88 valence electrons. The summed E-state index contributed by atoms with van der Waals surface area (Å²) in [6.45, 7) is 4.59. The molecule has 0 bridgehead atoms. The lowest BCUT2D eigenvalue weighted by Gasteiger charge is -2.24. The Morgan fingerprint density at radius 3 is 2.56 bits per heavy atom. The Morgan fingerprint density at radius 1 is 1.44 bits per heavy atom. The highest BCUT2D eigenvalue weighted by molar-refractivity contribution is 5.96. The topological polar surface area (TPSA) is 59.2 Å². The van der Waals surface area contributed by atoms with E-state index in [2.05, 4.69) is 4.98 Å². The van der Waals surface area contributed by atoms with Gasteiger partial charge in [-0.15, -0.1) is 0 Å². The smallest absolute Gasteiger partial charge is 0.243 e. The summed E-state index contributed by atoms with van der Waals surface area (Å²) in [5, 5.41) is 0. The lowest BCUT2D eigenvalue weighted by Crippen LogP contribution is -2.43. The number of anilines is 1. The van der Waals surface area contributed by atoms with Crippen LogP contribution in [0.1, 0.15) is 26.7 Å². The van der Waals surface area contributed by atoms with Crippen LogP contribution in [-0.4, -0.2) is 23.5 Å². The van der Waals surface area contributed by atoms with Crippen LogP contribution in [0.5, 0.6) is 0 Å². The van der Waals surface area contributed by atoms with Crippen LogP contribution in [0.25, 0.3) is 0 Å². The zero-order chi connectivity index (χ0) is 12.0. The van der Waals surface area contributed by atoms with Crippen LogP contribution in [0.15, 0.2) is 24.5 Å². The van der Waals surface area contributed by atoms with Crippen molar-refractivity contribution in [2.24, 2.45) is 5.73 Å². The van der Waals surface area contributed by atoms with E-state index in [4.69, 9.17) is 5.73 Å². The van der Waals surface area contributed by atoms with Gasteiger partial charge in [0, 0.05) is 24.6 Å². The van der Waals surface area contributed by atoms with Gasteiger partial charge < -0.3 is 10.6 Å². The average molecular weight is 221 g/mol. The molecule has 1 atom stereocenters. The molecule has 0 radical (unpaired) electrons. The van der Waals surface area contributed by atoms with E-state index < -0.39 is 6.04 Å². The Balaban J connectivity index is 2.79. The summed E-state index contributed by atoms with van der Waals surface area (Å²) in [6.07, 6.45) is 4.99. The van der Waals surface area contributed by atoms with E-state index in [1.54, 1.807) is 17.3 Å². The minimum absolute atomic E-state index is 0.0180. The van der Waals surface area contributed by atoms with Gasteiger partial charge in [0.2, 0.25) is 5.91 Å². The van der Waals surface area contributed by atoms with Gasteiger partial charge in [0.25, 0.3) is 0 Å². The maximum absolute atomic E-state index is 12.0. The fourth-order valence-corrected chi connectivity index (χ4v) is 1.62. The molecule has 16 heavy (non-hydrogen) atoms. The normalized spacial score (nSPS) is 12.2. The number of amides is 1. The summed E-state index contributed by atoms with van der Waals surface area (Å²) in [7, 11) is 0. The van der Waals surface area contributed by atoms with Crippen LogP contribution in [0, 0.1) is 0 Å². The van der Waals surface area contributed by atoms with E-state index in [1.807, 2.05) is 26.0 Å². The average Bonchev–Trinajstić information content (AvgIpc) is 2.31. The first-order chi connectivity index (χ1) is 7.70. The van der Waals surface area contributed by atoms with Crippen molar-refractivity contribution in [2.45, 2.75) is 32.7 Å². The highest BCUT2D eigenvalue weighted by Gasteiger charge is 2.20. The minimum atomic E-state index is -0.405. The molecule has 4 nitrogen and oxygen atoms in total. The maximum Gasteiger partial charge on any atom is 0.243 e. The van der Waals surface area contributed by atoms with Crippen LogP contribution in [-0.2, 0) is 4.79 Å². The third-order valence-corrected chi connectivity index (χ3v) is 2.47. The molecular formula is C12H19N3O. The number of rotatable bonds is 5. The minimum Gasteiger partial charge on any atom is -0.320 e. The van der Waals surface area contributed by atoms with Gasteiger partial charge in [0.05, 0.1) is 6.04 Å². The molecule has 1 unspecified atom stereocenters.